The largest absolute Gasteiger partial charge is 0.466 e. The summed E-state index contributed by atoms with van der Waals surface area (Å²) >= 11 is 0. The first-order chi connectivity index (χ1) is 35.5. The molecule has 1 fully saturated rings. The third-order valence-corrected chi connectivity index (χ3v) is 16.2. The highest BCUT2D eigenvalue weighted by atomic mass is 16.5. The van der Waals surface area contributed by atoms with Gasteiger partial charge in [-0.25, -0.2) is 0 Å². The first-order valence-electron chi connectivity index (χ1n) is 33.1. The quantitative estimate of drug-likeness (QED) is 0.0447. The number of piperidine rings is 1. The van der Waals surface area contributed by atoms with Crippen LogP contribution < -0.4 is 0 Å². The number of rotatable bonds is 57. The standard InChI is InChI=1S/C65H130N4O3/c1-6-11-16-21-25-26-27-28-29-33-36-41-51-66(52-45-39-40-49-65(71)72-60-46-38-20-15-10-5)57-50-63-48-47-56-69(61-63)64(70)62-68(55-44-37-32-24-19-14-9-4)59-58-67(53-42-34-30-22-17-12-7-2)54-43-35-31-23-18-13-8-3/h63H,6-62H2,1-5H3. The Bertz CT molecular complexity index is 1100. The Hall–Kier alpha value is -1.18. The second kappa shape index (κ2) is 54.6. The first-order valence-corrected chi connectivity index (χ1v) is 33.1. The molecule has 0 radical (unpaired) electrons. The molecule has 1 rings (SSSR count). The van der Waals surface area contributed by atoms with E-state index >= 15 is 0 Å². The summed E-state index contributed by atoms with van der Waals surface area (Å²) in [5.41, 5.74) is 0. The third kappa shape index (κ3) is 45.1. The SMILES string of the molecule is CCCCCCCCCCCCCCN(CCCCCC(=O)OCCCCCCC)CCC1CCCN(C(=O)CN(CCCCCCCCC)CCN(CCCCCCCCC)CCCCCCCCC)C1. The lowest BCUT2D eigenvalue weighted by Crippen LogP contribution is -2.47. The number of esters is 1. The van der Waals surface area contributed by atoms with Gasteiger partial charge in [-0.2, -0.15) is 0 Å². The van der Waals surface area contributed by atoms with E-state index in [0.29, 0.717) is 31.4 Å². The summed E-state index contributed by atoms with van der Waals surface area (Å²) in [6.07, 6.45) is 58.3. The van der Waals surface area contributed by atoms with Crippen molar-refractivity contribution < 1.29 is 14.3 Å². The lowest BCUT2D eigenvalue weighted by atomic mass is 9.94. The van der Waals surface area contributed by atoms with Gasteiger partial charge in [-0.05, 0) is 109 Å². The zero-order valence-electron chi connectivity index (χ0n) is 49.9. The zero-order valence-corrected chi connectivity index (χ0v) is 49.9. The fourth-order valence-electron chi connectivity index (χ4n) is 11.2. The summed E-state index contributed by atoms with van der Waals surface area (Å²) in [5.74, 6) is 0.979. The van der Waals surface area contributed by atoms with Crippen LogP contribution in [0.25, 0.3) is 0 Å². The second-order valence-corrected chi connectivity index (χ2v) is 23.3. The van der Waals surface area contributed by atoms with Crippen LogP contribution in [0.2, 0.25) is 0 Å². The van der Waals surface area contributed by atoms with Crippen LogP contribution in [0.3, 0.4) is 0 Å². The fraction of sp³-hybridized carbons (Fsp3) is 0.969. The number of carbonyl (C=O) groups is 2. The summed E-state index contributed by atoms with van der Waals surface area (Å²) in [5, 5.41) is 0. The molecule has 0 aromatic heterocycles. The molecule has 428 valence electrons. The summed E-state index contributed by atoms with van der Waals surface area (Å²) in [6.45, 7) is 23.7. The molecule has 0 aliphatic carbocycles. The van der Waals surface area contributed by atoms with Crippen LogP contribution in [0.5, 0.6) is 0 Å². The van der Waals surface area contributed by atoms with Crippen molar-refractivity contribution in [1.82, 2.24) is 19.6 Å². The van der Waals surface area contributed by atoms with E-state index in [1.165, 1.54) is 270 Å². The van der Waals surface area contributed by atoms with Crippen molar-refractivity contribution in [3.05, 3.63) is 0 Å². The van der Waals surface area contributed by atoms with Gasteiger partial charge in [0.1, 0.15) is 0 Å². The van der Waals surface area contributed by atoms with Gasteiger partial charge >= 0.3 is 5.97 Å². The van der Waals surface area contributed by atoms with Gasteiger partial charge in [-0.15, -0.1) is 0 Å². The Morgan fingerprint density at radius 3 is 1.14 bits per heavy atom. The molecule has 0 saturated carbocycles. The van der Waals surface area contributed by atoms with Crippen LogP contribution in [-0.2, 0) is 14.3 Å². The van der Waals surface area contributed by atoms with Crippen molar-refractivity contribution >= 4 is 11.9 Å². The van der Waals surface area contributed by atoms with E-state index < -0.39 is 0 Å². The van der Waals surface area contributed by atoms with Crippen molar-refractivity contribution in [3.8, 4) is 0 Å². The van der Waals surface area contributed by atoms with Gasteiger partial charge < -0.3 is 19.4 Å². The van der Waals surface area contributed by atoms with Crippen molar-refractivity contribution in [3.63, 3.8) is 0 Å². The predicted octanol–water partition coefficient (Wildman–Crippen LogP) is 18.5. The molecule has 1 aliphatic rings. The number of likely N-dealkylation sites (tertiary alicyclic amines) is 1. The minimum Gasteiger partial charge on any atom is -0.466 e. The van der Waals surface area contributed by atoms with Gasteiger partial charge in [0.25, 0.3) is 0 Å². The molecular formula is C65H130N4O3. The van der Waals surface area contributed by atoms with Crippen molar-refractivity contribution in [2.24, 2.45) is 5.92 Å². The van der Waals surface area contributed by atoms with Gasteiger partial charge in [-0.3, -0.25) is 14.5 Å². The highest BCUT2D eigenvalue weighted by Crippen LogP contribution is 2.22. The molecular weight excluding hydrogens is 885 g/mol. The van der Waals surface area contributed by atoms with Crippen molar-refractivity contribution in [2.75, 3.05) is 78.6 Å². The smallest absolute Gasteiger partial charge is 0.305 e. The number of hydrogen-bond acceptors (Lipinski definition) is 6. The number of carbonyl (C=O) groups excluding carboxylic acids is 2. The molecule has 1 heterocycles. The lowest BCUT2D eigenvalue weighted by Gasteiger charge is -2.36. The molecule has 1 atom stereocenters. The van der Waals surface area contributed by atoms with Gasteiger partial charge in [-0.1, -0.05) is 253 Å². The van der Waals surface area contributed by atoms with Crippen molar-refractivity contribution in [2.45, 2.75) is 324 Å². The number of unbranched alkanes of at least 4 members (excludes halogenated alkanes) is 35. The molecule has 7 nitrogen and oxygen atoms in total. The Balaban J connectivity index is 2.81. The fourth-order valence-corrected chi connectivity index (χ4v) is 11.2. The zero-order chi connectivity index (χ0) is 52.1. The van der Waals surface area contributed by atoms with E-state index in [4.69, 9.17) is 4.74 Å². The van der Waals surface area contributed by atoms with Crippen LogP contribution in [0.1, 0.15) is 324 Å². The minimum atomic E-state index is -0.00394. The van der Waals surface area contributed by atoms with Crippen LogP contribution >= 0.6 is 0 Å². The molecule has 0 aromatic rings. The highest BCUT2D eigenvalue weighted by molar-refractivity contribution is 5.78. The summed E-state index contributed by atoms with van der Waals surface area (Å²) in [7, 11) is 0. The van der Waals surface area contributed by atoms with E-state index in [-0.39, 0.29) is 5.97 Å². The third-order valence-electron chi connectivity index (χ3n) is 16.2. The molecule has 7 heteroatoms. The van der Waals surface area contributed by atoms with Crippen LogP contribution in [0.4, 0.5) is 0 Å². The molecule has 0 aromatic carbocycles. The van der Waals surface area contributed by atoms with E-state index in [2.05, 4.69) is 54.2 Å². The number of amides is 1. The monoisotopic (exact) mass is 1020 g/mol. The van der Waals surface area contributed by atoms with Crippen LogP contribution in [0.15, 0.2) is 0 Å². The maximum Gasteiger partial charge on any atom is 0.305 e. The Labute approximate surface area is 452 Å². The Morgan fingerprint density at radius 1 is 0.389 bits per heavy atom. The van der Waals surface area contributed by atoms with Gasteiger partial charge in [0.2, 0.25) is 5.91 Å². The Morgan fingerprint density at radius 2 is 0.722 bits per heavy atom. The normalized spacial score (nSPS) is 14.2. The average molecular weight is 1020 g/mol. The molecule has 72 heavy (non-hydrogen) atoms. The topological polar surface area (TPSA) is 56.3 Å². The summed E-state index contributed by atoms with van der Waals surface area (Å²) in [6, 6.07) is 0. The van der Waals surface area contributed by atoms with Gasteiger partial charge in [0.05, 0.1) is 13.2 Å². The molecule has 0 spiro atoms. The molecule has 1 amide bonds. The summed E-state index contributed by atoms with van der Waals surface area (Å²) < 4.78 is 5.56. The first kappa shape index (κ1) is 68.8. The predicted molar refractivity (Wildman–Crippen MR) is 316 cm³/mol. The molecule has 1 saturated heterocycles. The van der Waals surface area contributed by atoms with Crippen LogP contribution in [-0.4, -0.2) is 110 Å². The highest BCUT2D eigenvalue weighted by Gasteiger charge is 2.26. The second-order valence-electron chi connectivity index (χ2n) is 23.3. The molecule has 1 unspecified atom stereocenters. The number of hydrogen-bond donors (Lipinski definition) is 0. The van der Waals surface area contributed by atoms with Gasteiger partial charge in [0.15, 0.2) is 0 Å². The molecule has 1 aliphatic heterocycles. The van der Waals surface area contributed by atoms with Crippen molar-refractivity contribution in [1.29, 1.82) is 0 Å². The summed E-state index contributed by atoms with van der Waals surface area (Å²) in [4.78, 5) is 37.1. The maximum absolute atomic E-state index is 14.3. The maximum atomic E-state index is 14.3. The lowest BCUT2D eigenvalue weighted by molar-refractivity contribution is -0.144. The van der Waals surface area contributed by atoms with E-state index in [9.17, 15) is 9.59 Å². The molecule has 0 bridgehead atoms. The minimum absolute atomic E-state index is 0.00394. The van der Waals surface area contributed by atoms with Gasteiger partial charge in [0, 0.05) is 32.6 Å². The average Bonchev–Trinajstić information content (AvgIpc) is 3.39. The van der Waals surface area contributed by atoms with E-state index in [0.717, 1.165) is 77.9 Å². The van der Waals surface area contributed by atoms with E-state index in [1.807, 2.05) is 0 Å². The van der Waals surface area contributed by atoms with Crippen LogP contribution in [0, 0.1) is 5.92 Å². The number of ether oxygens (including phenoxy) is 1. The number of nitrogens with zero attached hydrogens (tertiary/aromatic N) is 4. The van der Waals surface area contributed by atoms with E-state index in [1.54, 1.807) is 0 Å². The molecule has 0 N–H and O–H groups in total. The Kier molecular flexibility index (Phi) is 52.2.